The third kappa shape index (κ3) is 3.85. The topological polar surface area (TPSA) is 115 Å². The first-order chi connectivity index (χ1) is 10.1. The number of carboxylic acid groups (broad SMARTS) is 1. The van der Waals surface area contributed by atoms with Crippen LogP contribution in [0.1, 0.15) is 29.6 Å². The minimum atomic E-state index is -0.938. The second kappa shape index (κ2) is 6.60. The zero-order valence-electron chi connectivity index (χ0n) is 11.3. The van der Waals surface area contributed by atoms with E-state index in [0.29, 0.717) is 17.9 Å². The number of aromatic nitrogens is 3. The Kier molecular flexibility index (Phi) is 4.60. The van der Waals surface area contributed by atoms with Gasteiger partial charge in [0.1, 0.15) is 5.69 Å². The highest BCUT2D eigenvalue weighted by molar-refractivity contribution is 5.89. The number of aryl methyl sites for hydroxylation is 1. The Morgan fingerprint density at radius 2 is 2.19 bits per heavy atom. The lowest BCUT2D eigenvalue weighted by atomic mass is 10.2. The van der Waals surface area contributed by atoms with Crippen molar-refractivity contribution in [1.29, 1.82) is 0 Å². The van der Waals surface area contributed by atoms with Gasteiger partial charge in [-0.05, 0) is 19.1 Å². The Hall–Kier alpha value is -2.77. The van der Waals surface area contributed by atoms with Crippen LogP contribution in [0.25, 0.3) is 11.5 Å². The predicted octanol–water partition coefficient (Wildman–Crippen LogP) is 1.33. The summed E-state index contributed by atoms with van der Waals surface area (Å²) in [5.74, 6) is -0.923. The van der Waals surface area contributed by atoms with Crippen molar-refractivity contribution in [2.45, 2.75) is 19.8 Å². The van der Waals surface area contributed by atoms with Gasteiger partial charge in [0.05, 0.1) is 18.6 Å². The van der Waals surface area contributed by atoms with Crippen molar-refractivity contribution in [1.82, 2.24) is 15.1 Å². The van der Waals surface area contributed by atoms with E-state index < -0.39 is 11.9 Å². The number of aliphatic carboxylic acids is 1. The fourth-order valence-electron chi connectivity index (χ4n) is 1.54. The van der Waals surface area contributed by atoms with Crippen LogP contribution in [-0.4, -0.2) is 38.8 Å². The molecule has 2 aromatic heterocycles. The molecule has 0 fully saturated rings. The van der Waals surface area contributed by atoms with Crippen LogP contribution in [0, 0.1) is 0 Å². The quantitative estimate of drug-likeness (QED) is 0.792. The first-order valence-corrected chi connectivity index (χ1v) is 6.28. The molecule has 8 heteroatoms. The zero-order chi connectivity index (χ0) is 15.2. The van der Waals surface area contributed by atoms with Gasteiger partial charge in [0, 0.05) is 12.6 Å². The summed E-state index contributed by atoms with van der Waals surface area (Å²) in [6.07, 6.45) is 1.43. The molecule has 0 amide bonds. The maximum Gasteiger partial charge on any atom is 0.339 e. The third-order valence-electron chi connectivity index (χ3n) is 2.52. The highest BCUT2D eigenvalue weighted by Crippen LogP contribution is 2.14. The highest BCUT2D eigenvalue weighted by Gasteiger charge is 2.12. The lowest BCUT2D eigenvalue weighted by Crippen LogP contribution is -2.05. The number of carbonyl (C=O) groups is 2. The second-order valence-electron chi connectivity index (χ2n) is 4.06. The number of hydrogen-bond donors (Lipinski definition) is 1. The summed E-state index contributed by atoms with van der Waals surface area (Å²) < 4.78 is 9.78. The lowest BCUT2D eigenvalue weighted by molar-refractivity contribution is -0.137. The van der Waals surface area contributed by atoms with Crippen LogP contribution in [-0.2, 0) is 16.0 Å². The van der Waals surface area contributed by atoms with Crippen LogP contribution in [0.15, 0.2) is 22.9 Å². The first kappa shape index (κ1) is 14.6. The van der Waals surface area contributed by atoms with E-state index >= 15 is 0 Å². The second-order valence-corrected chi connectivity index (χ2v) is 4.06. The molecule has 0 aliphatic carbocycles. The molecule has 0 radical (unpaired) electrons. The fourth-order valence-corrected chi connectivity index (χ4v) is 1.54. The van der Waals surface area contributed by atoms with Gasteiger partial charge in [0.2, 0.25) is 11.7 Å². The molecule has 0 aliphatic rings. The van der Waals surface area contributed by atoms with Gasteiger partial charge in [-0.2, -0.15) is 4.98 Å². The Morgan fingerprint density at radius 1 is 1.38 bits per heavy atom. The third-order valence-corrected chi connectivity index (χ3v) is 2.52. The molecule has 0 saturated heterocycles. The molecule has 1 N–H and O–H groups in total. The van der Waals surface area contributed by atoms with Crippen molar-refractivity contribution in [2.75, 3.05) is 6.61 Å². The van der Waals surface area contributed by atoms with Crippen LogP contribution < -0.4 is 0 Å². The van der Waals surface area contributed by atoms with Crippen molar-refractivity contribution in [3.8, 4) is 11.5 Å². The molecule has 2 heterocycles. The standard InChI is InChI=1S/C13H13N3O5/c1-2-20-13(19)8-3-4-9(14-7-8)12-15-10(21-16-12)5-6-11(17)18/h3-4,7H,2,5-6H2,1H3,(H,17,18). The highest BCUT2D eigenvalue weighted by atomic mass is 16.5. The predicted molar refractivity (Wildman–Crippen MR) is 69.4 cm³/mol. The lowest BCUT2D eigenvalue weighted by Gasteiger charge is -2.01. The average molecular weight is 291 g/mol. The molecule has 0 aliphatic heterocycles. The van der Waals surface area contributed by atoms with Gasteiger partial charge in [-0.25, -0.2) is 4.79 Å². The van der Waals surface area contributed by atoms with E-state index in [0.717, 1.165) is 0 Å². The number of hydrogen-bond acceptors (Lipinski definition) is 7. The molecule has 0 spiro atoms. The zero-order valence-corrected chi connectivity index (χ0v) is 11.3. The number of rotatable bonds is 6. The smallest absolute Gasteiger partial charge is 0.339 e. The molecule has 0 atom stereocenters. The van der Waals surface area contributed by atoms with Crippen LogP contribution in [0.3, 0.4) is 0 Å². The Balaban J connectivity index is 2.08. The van der Waals surface area contributed by atoms with Crippen molar-refractivity contribution in [3.05, 3.63) is 29.8 Å². The number of ether oxygens (including phenoxy) is 1. The SMILES string of the molecule is CCOC(=O)c1ccc(-c2noc(CCC(=O)O)n2)nc1. The van der Waals surface area contributed by atoms with Crippen LogP contribution in [0.5, 0.6) is 0 Å². The number of carboxylic acids is 1. The van der Waals surface area contributed by atoms with Crippen LogP contribution in [0.4, 0.5) is 0 Å². The minimum absolute atomic E-state index is 0.0865. The molecule has 0 aromatic carbocycles. The number of esters is 1. The summed E-state index contributed by atoms with van der Waals surface area (Å²) in [6, 6.07) is 3.12. The van der Waals surface area contributed by atoms with E-state index in [9.17, 15) is 9.59 Å². The molecule has 0 saturated carbocycles. The molecular formula is C13H13N3O5. The normalized spacial score (nSPS) is 10.3. The van der Waals surface area contributed by atoms with Crippen LogP contribution in [0.2, 0.25) is 0 Å². The molecule has 21 heavy (non-hydrogen) atoms. The minimum Gasteiger partial charge on any atom is -0.481 e. The number of pyridine rings is 1. The monoisotopic (exact) mass is 291 g/mol. The van der Waals surface area contributed by atoms with Gasteiger partial charge >= 0.3 is 11.9 Å². The largest absolute Gasteiger partial charge is 0.481 e. The molecule has 110 valence electrons. The summed E-state index contributed by atoms with van der Waals surface area (Å²) in [5, 5.41) is 12.3. The van der Waals surface area contributed by atoms with Gasteiger partial charge < -0.3 is 14.4 Å². The molecule has 2 aromatic rings. The van der Waals surface area contributed by atoms with Gasteiger partial charge in [0.15, 0.2) is 0 Å². The van der Waals surface area contributed by atoms with Crippen LogP contribution >= 0.6 is 0 Å². The molecule has 8 nitrogen and oxygen atoms in total. The van der Waals surface area contributed by atoms with Crippen molar-refractivity contribution < 1.29 is 24.0 Å². The number of carbonyl (C=O) groups excluding carboxylic acids is 1. The van der Waals surface area contributed by atoms with E-state index in [-0.39, 0.29) is 24.6 Å². The van der Waals surface area contributed by atoms with E-state index in [4.69, 9.17) is 14.4 Å². The van der Waals surface area contributed by atoms with Crippen molar-refractivity contribution >= 4 is 11.9 Å². The van der Waals surface area contributed by atoms with Gasteiger partial charge in [-0.1, -0.05) is 5.16 Å². The maximum atomic E-state index is 11.5. The summed E-state index contributed by atoms with van der Waals surface area (Å²) in [7, 11) is 0. The summed E-state index contributed by atoms with van der Waals surface area (Å²) >= 11 is 0. The fraction of sp³-hybridized carbons (Fsp3) is 0.308. The molecular weight excluding hydrogens is 278 g/mol. The summed E-state index contributed by atoms with van der Waals surface area (Å²) in [4.78, 5) is 30.0. The Labute approximate surface area is 119 Å². The van der Waals surface area contributed by atoms with E-state index in [2.05, 4.69) is 15.1 Å². The number of nitrogens with zero attached hydrogens (tertiary/aromatic N) is 3. The molecule has 0 unspecified atom stereocenters. The van der Waals surface area contributed by atoms with Gasteiger partial charge in [-0.3, -0.25) is 9.78 Å². The van der Waals surface area contributed by atoms with E-state index in [1.165, 1.54) is 6.20 Å². The van der Waals surface area contributed by atoms with E-state index in [1.54, 1.807) is 19.1 Å². The molecule has 0 bridgehead atoms. The molecule has 2 rings (SSSR count). The summed E-state index contributed by atoms with van der Waals surface area (Å²) in [6.45, 7) is 2.01. The van der Waals surface area contributed by atoms with Gasteiger partial charge in [0.25, 0.3) is 0 Å². The van der Waals surface area contributed by atoms with Crippen molar-refractivity contribution in [2.24, 2.45) is 0 Å². The first-order valence-electron chi connectivity index (χ1n) is 6.28. The maximum absolute atomic E-state index is 11.5. The average Bonchev–Trinajstić information content (AvgIpc) is 2.94. The summed E-state index contributed by atoms with van der Waals surface area (Å²) in [5.41, 5.74) is 0.753. The van der Waals surface area contributed by atoms with Crippen molar-refractivity contribution in [3.63, 3.8) is 0 Å². The Morgan fingerprint density at radius 3 is 2.81 bits per heavy atom. The Bertz CT molecular complexity index is 636. The van der Waals surface area contributed by atoms with E-state index in [1.807, 2.05) is 0 Å². The van der Waals surface area contributed by atoms with Gasteiger partial charge in [-0.15, -0.1) is 0 Å².